The second-order valence-electron chi connectivity index (χ2n) is 4.12. The lowest BCUT2D eigenvalue weighted by Gasteiger charge is -2.13. The highest BCUT2D eigenvalue weighted by Crippen LogP contribution is 2.22. The molecule has 2 rings (SSSR count). The van der Waals surface area contributed by atoms with Gasteiger partial charge in [0, 0.05) is 11.8 Å². The van der Waals surface area contributed by atoms with Crippen molar-refractivity contribution in [3.63, 3.8) is 0 Å². The zero-order valence-electron chi connectivity index (χ0n) is 10.5. The number of carboxylic acid groups (broad SMARTS) is 1. The summed E-state index contributed by atoms with van der Waals surface area (Å²) in [6, 6.07) is 3.50. The van der Waals surface area contributed by atoms with Crippen molar-refractivity contribution in [2.75, 3.05) is 17.6 Å². The van der Waals surface area contributed by atoms with Gasteiger partial charge in [0.25, 0.3) is 5.24 Å². The highest BCUT2D eigenvalue weighted by Gasteiger charge is 2.31. The van der Waals surface area contributed by atoms with Crippen LogP contribution in [0, 0.1) is 0 Å². The van der Waals surface area contributed by atoms with Gasteiger partial charge in [0.15, 0.2) is 0 Å². The molecular formula is C12H10N2O6S. The fraction of sp³-hybridized carbons (Fsp3) is 0.167. The first kappa shape index (κ1) is 14.9. The molecule has 110 valence electrons. The number of carbonyl (C=O) groups excluding carboxylic acids is 3. The average molecular weight is 310 g/mol. The number of aromatic carboxylic acids is 1. The van der Waals surface area contributed by atoms with Gasteiger partial charge in [-0.2, -0.15) is 0 Å². The lowest BCUT2D eigenvalue weighted by atomic mass is 10.2. The molecule has 0 radical (unpaired) electrons. The molecule has 1 aliphatic heterocycles. The number of carboxylic acids is 1. The van der Waals surface area contributed by atoms with Crippen LogP contribution in [0.2, 0.25) is 0 Å². The van der Waals surface area contributed by atoms with Crippen LogP contribution in [0.4, 0.5) is 10.5 Å². The molecule has 3 amide bonds. The molecule has 9 heteroatoms. The van der Waals surface area contributed by atoms with E-state index in [1.54, 1.807) is 0 Å². The van der Waals surface area contributed by atoms with E-state index in [9.17, 15) is 24.3 Å². The molecule has 1 aliphatic rings. The van der Waals surface area contributed by atoms with Gasteiger partial charge in [-0.25, -0.2) is 4.79 Å². The highest BCUT2D eigenvalue weighted by molar-refractivity contribution is 8.14. The van der Waals surface area contributed by atoms with Crippen molar-refractivity contribution in [1.29, 1.82) is 0 Å². The van der Waals surface area contributed by atoms with Crippen molar-refractivity contribution in [3.8, 4) is 5.75 Å². The monoisotopic (exact) mass is 310 g/mol. The molecule has 8 nitrogen and oxygen atoms in total. The zero-order chi connectivity index (χ0) is 15.6. The Hall–Kier alpha value is -2.55. The van der Waals surface area contributed by atoms with Crippen LogP contribution < -0.4 is 5.32 Å². The summed E-state index contributed by atoms with van der Waals surface area (Å²) in [5.74, 6) is -2.84. The van der Waals surface area contributed by atoms with E-state index in [-0.39, 0.29) is 17.0 Å². The number of benzene rings is 1. The van der Waals surface area contributed by atoms with E-state index < -0.39 is 35.3 Å². The maximum absolute atomic E-state index is 11.7. The van der Waals surface area contributed by atoms with Crippen molar-refractivity contribution < 1.29 is 29.4 Å². The topological polar surface area (TPSA) is 124 Å². The third kappa shape index (κ3) is 3.31. The summed E-state index contributed by atoms with van der Waals surface area (Å²) in [7, 11) is 0. The van der Waals surface area contributed by atoms with Gasteiger partial charge in [0.2, 0.25) is 11.8 Å². The Kier molecular flexibility index (Phi) is 4.13. The summed E-state index contributed by atoms with van der Waals surface area (Å²) in [4.78, 5) is 46.0. The largest absolute Gasteiger partial charge is 0.507 e. The molecule has 1 aromatic rings. The van der Waals surface area contributed by atoms with Crippen LogP contribution in [0.1, 0.15) is 10.4 Å². The number of hydrogen-bond acceptors (Lipinski definition) is 6. The van der Waals surface area contributed by atoms with Crippen molar-refractivity contribution in [1.82, 2.24) is 4.90 Å². The predicted octanol–water partition coefficient (Wildman–Crippen LogP) is 0.724. The summed E-state index contributed by atoms with van der Waals surface area (Å²) in [6.45, 7) is -0.424. The Balaban J connectivity index is 2.03. The second-order valence-corrected chi connectivity index (χ2v) is 5.05. The highest BCUT2D eigenvalue weighted by atomic mass is 32.2. The van der Waals surface area contributed by atoms with Gasteiger partial charge < -0.3 is 15.5 Å². The lowest BCUT2D eigenvalue weighted by Crippen LogP contribution is -2.36. The minimum absolute atomic E-state index is 0.0141. The predicted molar refractivity (Wildman–Crippen MR) is 73.3 cm³/mol. The molecule has 0 unspecified atom stereocenters. The fourth-order valence-corrected chi connectivity index (χ4v) is 2.39. The van der Waals surface area contributed by atoms with Crippen LogP contribution >= 0.6 is 11.8 Å². The van der Waals surface area contributed by atoms with Crippen molar-refractivity contribution in [3.05, 3.63) is 23.8 Å². The van der Waals surface area contributed by atoms with Crippen molar-refractivity contribution in [2.45, 2.75) is 0 Å². The van der Waals surface area contributed by atoms with E-state index in [4.69, 9.17) is 5.11 Å². The van der Waals surface area contributed by atoms with Crippen molar-refractivity contribution >= 4 is 40.5 Å². The molecule has 0 bridgehead atoms. The van der Waals surface area contributed by atoms with Crippen LogP contribution in [-0.4, -0.2) is 50.4 Å². The number of nitrogens with one attached hydrogen (secondary N) is 1. The molecule has 0 aromatic heterocycles. The number of thioether (sulfide) groups is 1. The van der Waals surface area contributed by atoms with Crippen molar-refractivity contribution in [2.24, 2.45) is 0 Å². The number of amides is 3. The third-order valence-corrected chi connectivity index (χ3v) is 3.51. The van der Waals surface area contributed by atoms with Gasteiger partial charge in [-0.1, -0.05) is 11.8 Å². The second kappa shape index (κ2) is 5.83. The molecule has 0 spiro atoms. The van der Waals surface area contributed by atoms with E-state index >= 15 is 0 Å². The molecule has 3 N–H and O–H groups in total. The molecule has 0 aliphatic carbocycles. The lowest BCUT2D eigenvalue weighted by molar-refractivity contribution is -0.128. The number of nitrogens with zero attached hydrogens (tertiary/aromatic N) is 1. The van der Waals surface area contributed by atoms with Crippen LogP contribution in [-0.2, 0) is 9.59 Å². The number of hydrogen-bond donors (Lipinski definition) is 3. The number of carbonyl (C=O) groups is 4. The Morgan fingerprint density at radius 3 is 2.57 bits per heavy atom. The van der Waals surface area contributed by atoms with E-state index in [0.29, 0.717) is 0 Å². The SMILES string of the molecule is O=C(CN1C(=O)CSC1=O)Nc1ccc(C(=O)O)c(O)c1. The number of anilines is 1. The zero-order valence-corrected chi connectivity index (χ0v) is 11.3. The van der Waals surface area contributed by atoms with Crippen LogP contribution in [0.15, 0.2) is 18.2 Å². The maximum Gasteiger partial charge on any atom is 0.339 e. The Morgan fingerprint density at radius 2 is 2.05 bits per heavy atom. The molecular weight excluding hydrogens is 300 g/mol. The van der Waals surface area contributed by atoms with Gasteiger partial charge in [-0.3, -0.25) is 19.3 Å². The Morgan fingerprint density at radius 1 is 1.33 bits per heavy atom. The molecule has 0 saturated carbocycles. The van der Waals surface area contributed by atoms with Crippen LogP contribution in [0.3, 0.4) is 0 Å². The summed E-state index contributed by atoms with van der Waals surface area (Å²) >= 11 is 0.822. The smallest absolute Gasteiger partial charge is 0.339 e. The summed E-state index contributed by atoms with van der Waals surface area (Å²) in [6.07, 6.45) is 0. The Bertz CT molecular complexity index is 629. The van der Waals surface area contributed by atoms with Crippen LogP contribution in [0.5, 0.6) is 5.75 Å². The van der Waals surface area contributed by atoms with Gasteiger partial charge >= 0.3 is 5.97 Å². The van der Waals surface area contributed by atoms with E-state index in [0.717, 1.165) is 28.8 Å². The van der Waals surface area contributed by atoms with E-state index in [2.05, 4.69) is 5.32 Å². The summed E-state index contributed by atoms with van der Waals surface area (Å²) < 4.78 is 0. The quantitative estimate of drug-likeness (QED) is 0.748. The van der Waals surface area contributed by atoms with Crippen LogP contribution in [0.25, 0.3) is 0 Å². The normalized spacial score (nSPS) is 14.4. The molecule has 1 heterocycles. The molecule has 1 fully saturated rings. The third-order valence-electron chi connectivity index (χ3n) is 2.65. The minimum Gasteiger partial charge on any atom is -0.507 e. The number of phenols is 1. The first-order valence-corrected chi connectivity index (χ1v) is 6.70. The molecule has 1 saturated heterocycles. The molecule has 0 atom stereocenters. The molecule has 1 aromatic carbocycles. The fourth-order valence-electron chi connectivity index (χ4n) is 1.67. The standard InChI is InChI=1S/C12H10N2O6S/c15-8-3-6(1-2-7(8)11(18)19)13-9(16)4-14-10(17)5-21-12(14)20/h1-3,15H,4-5H2,(H,13,16)(H,18,19). The van der Waals surface area contributed by atoms with Gasteiger partial charge in [0.1, 0.15) is 17.9 Å². The summed E-state index contributed by atoms with van der Waals surface area (Å²) in [5, 5.41) is 20.1. The van der Waals surface area contributed by atoms with Gasteiger partial charge in [-0.05, 0) is 12.1 Å². The first-order chi connectivity index (χ1) is 9.88. The summed E-state index contributed by atoms with van der Waals surface area (Å²) in [5.41, 5.74) is -0.136. The van der Waals surface area contributed by atoms with Gasteiger partial charge in [0.05, 0.1) is 5.75 Å². The number of imide groups is 1. The Labute approximate surface area is 122 Å². The van der Waals surface area contributed by atoms with E-state index in [1.165, 1.54) is 6.07 Å². The number of rotatable bonds is 4. The minimum atomic E-state index is -1.30. The maximum atomic E-state index is 11.7. The van der Waals surface area contributed by atoms with E-state index in [1.807, 2.05) is 0 Å². The number of aromatic hydroxyl groups is 1. The first-order valence-electron chi connectivity index (χ1n) is 5.72. The average Bonchev–Trinajstić information content (AvgIpc) is 2.70. The molecule has 21 heavy (non-hydrogen) atoms. The van der Waals surface area contributed by atoms with Gasteiger partial charge in [-0.15, -0.1) is 0 Å².